The molecule has 3 aliphatic rings. The number of nitrogens with one attached hydrogen (secondary N) is 3. The van der Waals surface area contributed by atoms with Crippen molar-refractivity contribution in [1.82, 2.24) is 30.4 Å². The van der Waals surface area contributed by atoms with E-state index in [0.717, 1.165) is 75.3 Å². The van der Waals surface area contributed by atoms with Gasteiger partial charge in [-0.05, 0) is 115 Å². The molecule has 402 valence electrons. The first-order valence-electron chi connectivity index (χ1n) is 26.6. The van der Waals surface area contributed by atoms with Crippen LogP contribution in [0.5, 0.6) is 5.75 Å². The van der Waals surface area contributed by atoms with E-state index in [-0.39, 0.29) is 73.4 Å². The Hall–Kier alpha value is -5.85. The van der Waals surface area contributed by atoms with Crippen molar-refractivity contribution < 1.29 is 42.9 Å². The number of ether oxygens (including phenoxy) is 3. The highest BCUT2D eigenvalue weighted by Crippen LogP contribution is 2.41. The summed E-state index contributed by atoms with van der Waals surface area (Å²) < 4.78 is 31.9. The summed E-state index contributed by atoms with van der Waals surface area (Å²) >= 11 is 1.59. The number of pyridine rings is 1. The van der Waals surface area contributed by atoms with Gasteiger partial charge < -0.3 is 45.1 Å². The highest BCUT2D eigenvalue weighted by atomic mass is 32.1. The molecule has 1 saturated carbocycles. The summed E-state index contributed by atoms with van der Waals surface area (Å²) in [5.41, 5.74) is 6.99. The standard InChI is InChI=1S/C58H74FN7O8S/c1-37(40-10-12-41(13-11-40)48-20-24-60-50-19-14-43(59)32-49(48)50)55(69)64-44-15-17-46(18-16-44)74-47-21-26-65(27-22-47)52(68)23-28-72-30-31-73-29-25-61-54(58(3,4)5)57(71)66-35-45(67)33-51(66)56(70)62-34-39-6-8-42(9-7-39)53-38(2)63-36-75-53/h6-9,14-20,24,32,36-37,40-41,45,47,51,54,61,67H,10-13,21-23,25-31,33-35H2,1-5H3,(H,62,70)(H,64,69)/t37-,40-,41+,45-,51+,54-/m1/s1. The number of thiazole rings is 1. The van der Waals surface area contributed by atoms with E-state index in [9.17, 15) is 28.7 Å². The predicted molar refractivity (Wildman–Crippen MR) is 289 cm³/mol. The van der Waals surface area contributed by atoms with Crippen molar-refractivity contribution in [3.05, 3.63) is 107 Å². The molecule has 4 atom stereocenters. The molecule has 2 aliphatic heterocycles. The van der Waals surface area contributed by atoms with Gasteiger partial charge in [-0.25, -0.2) is 9.37 Å². The Kier molecular flexibility index (Phi) is 19.0. The summed E-state index contributed by atoms with van der Waals surface area (Å²) in [5, 5.41) is 20.9. The monoisotopic (exact) mass is 1050 g/mol. The summed E-state index contributed by atoms with van der Waals surface area (Å²) in [6.07, 6.45) is 6.60. The number of anilines is 1. The van der Waals surface area contributed by atoms with Gasteiger partial charge in [-0.15, -0.1) is 11.3 Å². The van der Waals surface area contributed by atoms with E-state index in [1.165, 1.54) is 11.0 Å². The molecule has 1 aliphatic carbocycles. The van der Waals surface area contributed by atoms with Gasteiger partial charge in [-0.1, -0.05) is 52.0 Å². The predicted octanol–water partition coefficient (Wildman–Crippen LogP) is 8.43. The van der Waals surface area contributed by atoms with Gasteiger partial charge in [-0.3, -0.25) is 24.2 Å². The fraction of sp³-hybridized carbons (Fsp3) is 0.517. The van der Waals surface area contributed by atoms with Crippen LogP contribution in [-0.2, 0) is 35.2 Å². The Labute approximate surface area is 444 Å². The molecular formula is C58H74FN7O8S. The number of likely N-dealkylation sites (tertiary alicyclic amines) is 2. The summed E-state index contributed by atoms with van der Waals surface area (Å²) in [7, 11) is 0. The van der Waals surface area contributed by atoms with Crippen LogP contribution in [0.1, 0.15) is 102 Å². The molecule has 2 aromatic heterocycles. The summed E-state index contributed by atoms with van der Waals surface area (Å²) in [4.78, 5) is 67.0. The number of β-amino-alcohol motifs (C(OH)–C–C–N with tert-alkyl or cyclic N) is 1. The number of fused-ring (bicyclic) bond motifs is 1. The average Bonchev–Trinajstić information content (AvgIpc) is 4.03. The van der Waals surface area contributed by atoms with Crippen molar-refractivity contribution in [2.45, 2.75) is 123 Å². The molecule has 0 spiro atoms. The fourth-order valence-electron chi connectivity index (χ4n) is 10.7. The quantitative estimate of drug-likeness (QED) is 0.0518. The van der Waals surface area contributed by atoms with Crippen LogP contribution in [0.25, 0.3) is 21.3 Å². The van der Waals surface area contributed by atoms with Crippen molar-refractivity contribution in [1.29, 1.82) is 0 Å². The van der Waals surface area contributed by atoms with Crippen LogP contribution in [-0.4, -0.2) is 125 Å². The maximum atomic E-state index is 14.1. The number of hydrogen-bond donors (Lipinski definition) is 4. The van der Waals surface area contributed by atoms with Gasteiger partial charge in [-0.2, -0.15) is 0 Å². The molecule has 3 aromatic carbocycles. The third-order valence-electron chi connectivity index (χ3n) is 15.1. The minimum Gasteiger partial charge on any atom is -0.490 e. The molecule has 4 N–H and O–H groups in total. The minimum absolute atomic E-state index is 0.00144. The molecule has 0 radical (unpaired) electrons. The van der Waals surface area contributed by atoms with Gasteiger partial charge in [0.05, 0.1) is 66.6 Å². The van der Waals surface area contributed by atoms with Crippen LogP contribution in [0.4, 0.5) is 10.1 Å². The van der Waals surface area contributed by atoms with Crippen molar-refractivity contribution in [3.63, 3.8) is 0 Å². The van der Waals surface area contributed by atoms with Crippen LogP contribution in [0, 0.1) is 30.0 Å². The fourth-order valence-corrected chi connectivity index (χ4v) is 11.6. The van der Waals surface area contributed by atoms with Crippen LogP contribution < -0.4 is 20.7 Å². The van der Waals surface area contributed by atoms with Crippen LogP contribution in [0.3, 0.4) is 0 Å². The van der Waals surface area contributed by atoms with Crippen molar-refractivity contribution in [3.8, 4) is 16.2 Å². The first-order valence-corrected chi connectivity index (χ1v) is 27.5. The van der Waals surface area contributed by atoms with Gasteiger partial charge in [0, 0.05) is 75.2 Å². The zero-order valence-corrected chi connectivity index (χ0v) is 44.8. The smallest absolute Gasteiger partial charge is 0.243 e. The lowest BCUT2D eigenvalue weighted by molar-refractivity contribution is -0.142. The number of aromatic nitrogens is 2. The van der Waals surface area contributed by atoms with Gasteiger partial charge in [0.1, 0.15) is 23.7 Å². The van der Waals surface area contributed by atoms with Gasteiger partial charge in [0.25, 0.3) is 0 Å². The summed E-state index contributed by atoms with van der Waals surface area (Å²) in [6, 6.07) is 20.8. The lowest BCUT2D eigenvalue weighted by atomic mass is 9.73. The molecule has 4 amide bonds. The van der Waals surface area contributed by atoms with Crippen molar-refractivity contribution >= 4 is 51.6 Å². The Morgan fingerprint density at radius 2 is 1.60 bits per heavy atom. The first kappa shape index (κ1) is 55.4. The number of nitrogens with zero attached hydrogens (tertiary/aromatic N) is 4. The van der Waals surface area contributed by atoms with Crippen LogP contribution in [0.2, 0.25) is 0 Å². The molecule has 8 rings (SSSR count). The van der Waals surface area contributed by atoms with E-state index in [2.05, 4.69) is 25.9 Å². The number of amides is 4. The third kappa shape index (κ3) is 14.8. The largest absolute Gasteiger partial charge is 0.490 e. The van der Waals surface area contributed by atoms with Crippen LogP contribution >= 0.6 is 11.3 Å². The number of halogens is 1. The second kappa shape index (κ2) is 25.8. The van der Waals surface area contributed by atoms with E-state index in [4.69, 9.17) is 14.2 Å². The number of benzene rings is 3. The molecule has 0 bridgehead atoms. The van der Waals surface area contributed by atoms with Gasteiger partial charge >= 0.3 is 0 Å². The summed E-state index contributed by atoms with van der Waals surface area (Å²) in [6.45, 7) is 13.1. The molecular weight excluding hydrogens is 974 g/mol. The maximum absolute atomic E-state index is 14.1. The zero-order chi connectivity index (χ0) is 53.1. The second-order valence-corrected chi connectivity index (χ2v) is 22.3. The van der Waals surface area contributed by atoms with E-state index in [1.54, 1.807) is 29.7 Å². The SMILES string of the molecule is Cc1ncsc1-c1ccc(CNC(=O)[C@@H]2C[C@@H](O)CN2C(=O)[C@@H](NCCOCCOCCC(=O)N2CCC(Oc3ccc(NC(=O)[C@H](C)[C@H]4CC[C@@H](c5ccnc6ccc(F)cc65)CC4)cc3)CC2)C(C)(C)C)cc1. The molecule has 5 aromatic rings. The topological polar surface area (TPSA) is 185 Å². The molecule has 15 nitrogen and oxygen atoms in total. The minimum atomic E-state index is -0.797. The van der Waals surface area contributed by atoms with Crippen LogP contribution in [0.15, 0.2) is 84.5 Å². The number of carbonyl (C=O) groups is 4. The highest BCUT2D eigenvalue weighted by molar-refractivity contribution is 7.13. The zero-order valence-electron chi connectivity index (χ0n) is 44.0. The molecule has 2 saturated heterocycles. The van der Waals surface area contributed by atoms with Crippen molar-refractivity contribution in [2.24, 2.45) is 17.3 Å². The Morgan fingerprint density at radius 3 is 2.29 bits per heavy atom. The second-order valence-electron chi connectivity index (χ2n) is 21.5. The number of aliphatic hydroxyl groups is 1. The number of piperidine rings is 1. The van der Waals surface area contributed by atoms with Gasteiger partial charge in [0.2, 0.25) is 23.6 Å². The molecule has 75 heavy (non-hydrogen) atoms. The van der Waals surface area contributed by atoms with E-state index in [0.29, 0.717) is 64.8 Å². The molecule has 0 unspecified atom stereocenters. The summed E-state index contributed by atoms with van der Waals surface area (Å²) in [5.74, 6) is 0.409. The number of aliphatic hydroxyl groups excluding tert-OH is 1. The third-order valence-corrected chi connectivity index (χ3v) is 16.1. The normalized spacial score (nSPS) is 20.2. The lowest BCUT2D eigenvalue weighted by Crippen LogP contribution is -2.57. The van der Waals surface area contributed by atoms with Crippen molar-refractivity contribution in [2.75, 3.05) is 57.9 Å². The van der Waals surface area contributed by atoms with E-state index in [1.807, 2.05) is 99.6 Å². The number of aryl methyl sites for hydroxylation is 1. The maximum Gasteiger partial charge on any atom is 0.243 e. The number of hydrogen-bond acceptors (Lipinski definition) is 12. The molecule has 17 heteroatoms. The van der Waals surface area contributed by atoms with E-state index < -0.39 is 23.6 Å². The number of rotatable bonds is 21. The number of carbonyl (C=O) groups excluding carboxylic acids is 4. The Balaban J connectivity index is 0.669. The Bertz CT molecular complexity index is 2700. The molecule has 3 fully saturated rings. The Morgan fingerprint density at radius 1 is 0.880 bits per heavy atom. The molecule has 4 heterocycles. The van der Waals surface area contributed by atoms with Gasteiger partial charge in [0.15, 0.2) is 0 Å². The first-order chi connectivity index (χ1) is 36.1. The highest BCUT2D eigenvalue weighted by Gasteiger charge is 2.44. The lowest BCUT2D eigenvalue weighted by Gasteiger charge is -2.35. The van der Waals surface area contributed by atoms with E-state index >= 15 is 0 Å². The average molecular weight is 1050 g/mol.